The first-order valence-electron chi connectivity index (χ1n) is 6.14. The molecule has 1 aliphatic heterocycles. The molecular weight excluding hydrogens is 235 g/mol. The van der Waals surface area contributed by atoms with Crippen LogP contribution in [0.5, 0.6) is 0 Å². The summed E-state index contributed by atoms with van der Waals surface area (Å²) in [6.07, 6.45) is 2.73. The summed E-state index contributed by atoms with van der Waals surface area (Å²) in [5, 5.41) is 0. The lowest BCUT2D eigenvalue weighted by Crippen LogP contribution is -2.43. The van der Waals surface area contributed by atoms with Gasteiger partial charge in [-0.1, -0.05) is 27.2 Å². The molecule has 4 nitrogen and oxygen atoms in total. The van der Waals surface area contributed by atoms with E-state index in [1.807, 2.05) is 0 Å². The molecule has 0 bridgehead atoms. The fraction of sp³-hybridized carbons (Fsp3) is 0.833. The van der Waals surface area contributed by atoms with Gasteiger partial charge in [0, 0.05) is 0 Å². The van der Waals surface area contributed by atoms with Crippen molar-refractivity contribution in [2.24, 2.45) is 23.2 Å². The maximum absolute atomic E-state index is 12.0. The third kappa shape index (κ3) is 2.51. The van der Waals surface area contributed by atoms with Gasteiger partial charge >= 0.3 is 15.9 Å². The van der Waals surface area contributed by atoms with Gasteiger partial charge in [-0.25, -0.2) is 0 Å². The third-order valence-electron chi connectivity index (χ3n) is 3.91. The monoisotopic (exact) mass is 253 g/mol. The van der Waals surface area contributed by atoms with Gasteiger partial charge in [0.1, 0.15) is 0 Å². The van der Waals surface area contributed by atoms with Gasteiger partial charge in [0.15, 0.2) is 0 Å². The average molecular weight is 253 g/mol. The van der Waals surface area contributed by atoms with E-state index in [2.05, 4.69) is 20.8 Å². The molecule has 0 aromatic rings. The standard InChI is InChI=1S/C12H20O4.Al/c1-12(2,3)8-6-4-5-7(10(13)14)9(8)11(15)16;/h7-9H,4-6H2,1-3H3,(H,13,14)(H,15,16);/q;+2/p-2. The van der Waals surface area contributed by atoms with Crippen molar-refractivity contribution in [3.05, 3.63) is 0 Å². The lowest BCUT2D eigenvalue weighted by molar-refractivity contribution is -0.152. The van der Waals surface area contributed by atoms with Crippen LogP contribution in [-0.4, -0.2) is 27.8 Å². The van der Waals surface area contributed by atoms with Crippen molar-refractivity contribution in [3.8, 4) is 0 Å². The molecule has 3 unspecified atom stereocenters. The van der Waals surface area contributed by atoms with Gasteiger partial charge < -0.3 is 7.58 Å². The second-order valence-electron chi connectivity index (χ2n) is 6.01. The summed E-state index contributed by atoms with van der Waals surface area (Å²) in [6.45, 7) is 6.36. The number of carbonyl (C=O) groups is 2. The molecule has 3 atom stereocenters. The zero-order valence-electron chi connectivity index (χ0n) is 10.6. The van der Waals surface area contributed by atoms with E-state index in [-0.39, 0.29) is 35.1 Å². The van der Waals surface area contributed by atoms with E-state index >= 15 is 0 Å². The highest BCUT2D eigenvalue weighted by Crippen LogP contribution is 2.45. The summed E-state index contributed by atoms with van der Waals surface area (Å²) in [4.78, 5) is 23.9. The Balaban J connectivity index is 2.31. The zero-order chi connectivity index (χ0) is 12.6. The van der Waals surface area contributed by atoms with E-state index in [0.29, 0.717) is 0 Å². The van der Waals surface area contributed by atoms with Crippen LogP contribution in [-0.2, 0) is 17.2 Å². The molecule has 2 fully saturated rings. The van der Waals surface area contributed by atoms with Crippen LogP contribution in [0.15, 0.2) is 0 Å². The molecule has 0 N–H and O–H groups in total. The Morgan fingerprint density at radius 2 is 1.76 bits per heavy atom. The van der Waals surface area contributed by atoms with E-state index in [9.17, 15) is 9.59 Å². The van der Waals surface area contributed by atoms with Crippen LogP contribution in [0.3, 0.4) is 0 Å². The highest BCUT2D eigenvalue weighted by molar-refractivity contribution is 6.27. The van der Waals surface area contributed by atoms with Crippen LogP contribution in [0.4, 0.5) is 0 Å². The molecule has 0 spiro atoms. The molecule has 1 radical (unpaired) electrons. The van der Waals surface area contributed by atoms with Crippen LogP contribution in [0, 0.1) is 23.2 Å². The minimum atomic E-state index is -0.953. The maximum atomic E-state index is 12.0. The van der Waals surface area contributed by atoms with E-state index in [1.54, 1.807) is 0 Å². The topological polar surface area (TPSA) is 52.6 Å². The second-order valence-corrected chi connectivity index (χ2v) is 6.67. The molecule has 93 valence electrons. The highest BCUT2D eigenvalue weighted by atomic mass is 27.2. The first kappa shape index (κ1) is 12.9. The molecule has 5 heteroatoms. The molecule has 1 heterocycles. The molecule has 0 aromatic heterocycles. The molecule has 1 saturated carbocycles. The van der Waals surface area contributed by atoms with Crippen molar-refractivity contribution >= 4 is 27.8 Å². The zero-order valence-corrected chi connectivity index (χ0v) is 11.7. The summed E-state index contributed by atoms with van der Waals surface area (Å²) in [7, 11) is 0. The first-order chi connectivity index (χ1) is 7.91. The lowest BCUT2D eigenvalue weighted by atomic mass is 9.62. The molecule has 0 amide bonds. The maximum Gasteiger partial charge on any atom is 0.885 e. The van der Waals surface area contributed by atoms with Crippen molar-refractivity contribution < 1.29 is 17.2 Å². The van der Waals surface area contributed by atoms with E-state index in [0.717, 1.165) is 19.3 Å². The highest BCUT2D eigenvalue weighted by Gasteiger charge is 2.49. The predicted molar refractivity (Wildman–Crippen MR) is 61.7 cm³/mol. The molecule has 17 heavy (non-hydrogen) atoms. The van der Waals surface area contributed by atoms with Gasteiger partial charge in [0.2, 0.25) is 0 Å². The molecular formula is C12H18AlO4. The van der Waals surface area contributed by atoms with Crippen molar-refractivity contribution in [2.75, 3.05) is 0 Å². The second kappa shape index (κ2) is 4.62. The van der Waals surface area contributed by atoms with E-state index in [1.165, 1.54) is 0 Å². The number of carbonyl (C=O) groups excluding carboxylic acids is 2. The largest absolute Gasteiger partial charge is 0.885 e. The van der Waals surface area contributed by atoms with Gasteiger partial charge in [-0.05, 0) is 24.2 Å². The summed E-state index contributed by atoms with van der Waals surface area (Å²) < 4.78 is 10.1. The van der Waals surface area contributed by atoms with Crippen LogP contribution >= 0.6 is 0 Å². The van der Waals surface area contributed by atoms with Crippen LogP contribution in [0.25, 0.3) is 0 Å². The third-order valence-corrected chi connectivity index (χ3v) is 4.57. The smallest absolute Gasteiger partial charge is 0.589 e. The van der Waals surface area contributed by atoms with Crippen LogP contribution in [0.1, 0.15) is 40.0 Å². The molecule has 1 saturated heterocycles. The Kier molecular flexibility index (Phi) is 3.51. The Bertz CT molecular complexity index is 334. The molecule has 0 aromatic carbocycles. The minimum absolute atomic E-state index is 0.0162. The SMILES string of the molecule is CC(C)(C)C1CCCC2C(=O)[O][Al][O]C(=O)C21. The molecule has 2 rings (SSSR count). The average Bonchev–Trinajstić information content (AvgIpc) is 2.39. The lowest BCUT2D eigenvalue weighted by Gasteiger charge is -2.41. The Labute approximate surface area is 108 Å². The van der Waals surface area contributed by atoms with Crippen molar-refractivity contribution in [1.29, 1.82) is 0 Å². The van der Waals surface area contributed by atoms with Gasteiger partial charge in [0.05, 0.1) is 11.8 Å². The number of hydrogen-bond acceptors (Lipinski definition) is 4. The predicted octanol–water partition coefficient (Wildman–Crippen LogP) is 1.70. The minimum Gasteiger partial charge on any atom is -0.589 e. The Morgan fingerprint density at radius 1 is 1.12 bits per heavy atom. The fourth-order valence-corrected chi connectivity index (χ4v) is 3.62. The van der Waals surface area contributed by atoms with Crippen molar-refractivity contribution in [1.82, 2.24) is 0 Å². The Morgan fingerprint density at radius 3 is 2.41 bits per heavy atom. The van der Waals surface area contributed by atoms with Crippen molar-refractivity contribution in [2.45, 2.75) is 40.0 Å². The van der Waals surface area contributed by atoms with E-state index < -0.39 is 15.9 Å². The number of fused-ring (bicyclic) bond motifs is 1. The first-order valence-corrected chi connectivity index (χ1v) is 7.08. The summed E-state index contributed by atoms with van der Waals surface area (Å²) in [5.74, 6) is -0.833. The summed E-state index contributed by atoms with van der Waals surface area (Å²) >= 11 is -0.953. The fourth-order valence-electron chi connectivity index (χ4n) is 3.05. The van der Waals surface area contributed by atoms with Gasteiger partial charge in [-0.15, -0.1) is 0 Å². The van der Waals surface area contributed by atoms with Crippen molar-refractivity contribution in [3.63, 3.8) is 0 Å². The summed E-state index contributed by atoms with van der Waals surface area (Å²) in [6, 6.07) is 0. The Hall–Kier alpha value is -0.528. The van der Waals surface area contributed by atoms with Crippen LogP contribution in [0.2, 0.25) is 0 Å². The normalized spacial score (nSPS) is 33.9. The van der Waals surface area contributed by atoms with Gasteiger partial charge in [0.25, 0.3) is 11.9 Å². The van der Waals surface area contributed by atoms with E-state index in [4.69, 9.17) is 7.58 Å². The molecule has 2 aliphatic rings. The molecule has 1 aliphatic carbocycles. The number of hydrogen-bond donors (Lipinski definition) is 0. The quantitative estimate of drug-likeness (QED) is 0.616. The number of rotatable bonds is 0. The summed E-state index contributed by atoms with van der Waals surface area (Å²) in [5.41, 5.74) is 0.0162. The van der Waals surface area contributed by atoms with Gasteiger partial charge in [-0.2, -0.15) is 0 Å². The van der Waals surface area contributed by atoms with Gasteiger partial charge in [-0.3, -0.25) is 9.59 Å². The van der Waals surface area contributed by atoms with Crippen LogP contribution < -0.4 is 0 Å².